The van der Waals surface area contributed by atoms with Gasteiger partial charge in [0.05, 0.1) is 0 Å². The number of methoxy groups -OCH3 is 1. The van der Waals surface area contributed by atoms with Crippen LogP contribution in [0, 0.1) is 0 Å². The van der Waals surface area contributed by atoms with E-state index in [1.165, 1.54) is 7.11 Å². The Morgan fingerprint density at radius 3 is 2.20 bits per heavy atom. The lowest BCUT2D eigenvalue weighted by molar-refractivity contribution is -0.130. The molecule has 0 radical (unpaired) electrons. The van der Waals surface area contributed by atoms with Gasteiger partial charge in [-0.1, -0.05) is 0 Å². The van der Waals surface area contributed by atoms with Gasteiger partial charge < -0.3 is 10.1 Å². The van der Waals surface area contributed by atoms with E-state index in [0.29, 0.717) is 0 Å². The zero-order valence-corrected chi connectivity index (χ0v) is 6.97. The molecular weight excluding hydrogens is 130 g/mol. The number of carbonyl (C=O) groups is 1. The molecule has 0 bridgehead atoms. The van der Waals surface area contributed by atoms with Crippen molar-refractivity contribution >= 4 is 5.91 Å². The smallest absolute Gasteiger partial charge is 0.249 e. The van der Waals surface area contributed by atoms with E-state index in [2.05, 4.69) is 5.32 Å². The first-order chi connectivity index (χ1) is 4.57. The molecule has 0 fully saturated rings. The molecule has 0 aromatic heterocycles. The second kappa shape index (κ2) is 4.28. The monoisotopic (exact) mass is 145 g/mol. The van der Waals surface area contributed by atoms with Crippen LogP contribution < -0.4 is 5.32 Å². The molecule has 0 aromatic rings. The molecule has 0 saturated carbocycles. The first kappa shape index (κ1) is 9.43. The van der Waals surface area contributed by atoms with Gasteiger partial charge in [0.25, 0.3) is 0 Å². The Morgan fingerprint density at radius 2 is 1.90 bits per heavy atom. The average Bonchev–Trinajstić information content (AvgIpc) is 1.85. The van der Waals surface area contributed by atoms with Crippen LogP contribution in [0.5, 0.6) is 0 Å². The summed E-state index contributed by atoms with van der Waals surface area (Å²) in [4.78, 5) is 10.9. The minimum absolute atomic E-state index is 0.0579. The van der Waals surface area contributed by atoms with Crippen LogP contribution in [0.4, 0.5) is 0 Å². The summed E-state index contributed by atoms with van der Waals surface area (Å²) in [5, 5.41) is 2.73. The van der Waals surface area contributed by atoms with Crippen molar-refractivity contribution in [2.45, 2.75) is 32.9 Å². The van der Waals surface area contributed by atoms with Crippen LogP contribution in [0.1, 0.15) is 20.8 Å². The van der Waals surface area contributed by atoms with E-state index >= 15 is 0 Å². The van der Waals surface area contributed by atoms with Crippen LogP contribution in [-0.2, 0) is 9.53 Å². The molecule has 1 amide bonds. The van der Waals surface area contributed by atoms with Crippen LogP contribution in [0.25, 0.3) is 0 Å². The minimum atomic E-state index is -0.345. The molecule has 0 spiro atoms. The Balaban J connectivity index is 3.62. The largest absolute Gasteiger partial charge is 0.372 e. The second-order valence-corrected chi connectivity index (χ2v) is 2.54. The topological polar surface area (TPSA) is 38.3 Å². The van der Waals surface area contributed by atoms with Gasteiger partial charge in [0, 0.05) is 13.2 Å². The second-order valence-electron chi connectivity index (χ2n) is 2.54. The van der Waals surface area contributed by atoms with E-state index in [0.717, 1.165) is 0 Å². The van der Waals surface area contributed by atoms with Crippen molar-refractivity contribution in [3.63, 3.8) is 0 Å². The van der Waals surface area contributed by atoms with E-state index in [1.807, 2.05) is 13.8 Å². The average molecular weight is 145 g/mol. The molecule has 10 heavy (non-hydrogen) atoms. The van der Waals surface area contributed by atoms with E-state index in [4.69, 9.17) is 4.74 Å². The summed E-state index contributed by atoms with van der Waals surface area (Å²) in [5.41, 5.74) is 0. The van der Waals surface area contributed by atoms with Crippen LogP contribution in [0.2, 0.25) is 0 Å². The van der Waals surface area contributed by atoms with Gasteiger partial charge in [-0.25, -0.2) is 0 Å². The summed E-state index contributed by atoms with van der Waals surface area (Å²) < 4.78 is 4.80. The molecule has 1 atom stereocenters. The van der Waals surface area contributed by atoms with Gasteiger partial charge in [-0.05, 0) is 20.8 Å². The van der Waals surface area contributed by atoms with Crippen LogP contribution in [0.15, 0.2) is 0 Å². The molecule has 3 heteroatoms. The molecule has 0 saturated heterocycles. The molecule has 1 N–H and O–H groups in total. The predicted octanol–water partition coefficient (Wildman–Crippen LogP) is 0.546. The van der Waals surface area contributed by atoms with Crippen LogP contribution in [0.3, 0.4) is 0 Å². The highest BCUT2D eigenvalue weighted by Crippen LogP contribution is 1.88. The van der Waals surface area contributed by atoms with Crippen LogP contribution in [-0.4, -0.2) is 25.2 Å². The highest BCUT2D eigenvalue weighted by Gasteiger charge is 2.10. The Morgan fingerprint density at radius 1 is 1.40 bits per heavy atom. The third kappa shape index (κ3) is 3.45. The van der Waals surface area contributed by atoms with E-state index in [9.17, 15) is 4.79 Å². The number of amides is 1. The van der Waals surface area contributed by atoms with Crippen molar-refractivity contribution in [3.8, 4) is 0 Å². The van der Waals surface area contributed by atoms with Gasteiger partial charge in [-0.15, -0.1) is 0 Å². The lowest BCUT2D eigenvalue weighted by atomic mass is 10.3. The predicted molar refractivity (Wildman–Crippen MR) is 39.7 cm³/mol. The van der Waals surface area contributed by atoms with Gasteiger partial charge in [0.1, 0.15) is 6.10 Å². The van der Waals surface area contributed by atoms with Crippen molar-refractivity contribution in [1.82, 2.24) is 5.32 Å². The van der Waals surface area contributed by atoms with Gasteiger partial charge in [0.2, 0.25) is 5.91 Å². The summed E-state index contributed by atoms with van der Waals surface area (Å²) in [5.74, 6) is -0.0579. The number of carbonyl (C=O) groups excluding carboxylic acids is 1. The maximum Gasteiger partial charge on any atom is 0.249 e. The van der Waals surface area contributed by atoms with Crippen molar-refractivity contribution in [3.05, 3.63) is 0 Å². The third-order valence-corrected chi connectivity index (χ3v) is 1.15. The fourth-order valence-corrected chi connectivity index (χ4v) is 0.509. The standard InChI is InChI=1S/C7H15NO2/c1-5(2)8-7(9)6(3)10-4/h5-6H,1-4H3,(H,8,9)/t6-/m1/s1. The molecule has 0 aromatic carbocycles. The van der Waals surface area contributed by atoms with Crippen molar-refractivity contribution in [2.24, 2.45) is 0 Å². The van der Waals surface area contributed by atoms with Gasteiger partial charge in [0.15, 0.2) is 0 Å². The maximum atomic E-state index is 10.9. The highest BCUT2D eigenvalue weighted by atomic mass is 16.5. The van der Waals surface area contributed by atoms with Gasteiger partial charge >= 0.3 is 0 Å². The molecule has 0 unspecified atom stereocenters. The normalized spacial score (nSPS) is 13.3. The summed E-state index contributed by atoms with van der Waals surface area (Å²) in [6.07, 6.45) is -0.345. The van der Waals surface area contributed by atoms with Crippen LogP contribution >= 0.6 is 0 Å². The van der Waals surface area contributed by atoms with Gasteiger partial charge in [-0.3, -0.25) is 4.79 Å². The molecule has 0 aliphatic carbocycles. The zero-order valence-electron chi connectivity index (χ0n) is 6.97. The molecule has 3 nitrogen and oxygen atoms in total. The fourth-order valence-electron chi connectivity index (χ4n) is 0.509. The zero-order chi connectivity index (χ0) is 8.15. The molecule has 0 rings (SSSR count). The lowest BCUT2D eigenvalue weighted by Gasteiger charge is -2.12. The third-order valence-electron chi connectivity index (χ3n) is 1.15. The molecule has 0 heterocycles. The lowest BCUT2D eigenvalue weighted by Crippen LogP contribution is -2.38. The van der Waals surface area contributed by atoms with E-state index in [1.54, 1.807) is 6.92 Å². The SMILES string of the molecule is CO[C@H](C)C(=O)NC(C)C. The van der Waals surface area contributed by atoms with Crippen molar-refractivity contribution in [1.29, 1.82) is 0 Å². The Kier molecular flexibility index (Phi) is 4.03. The Hall–Kier alpha value is -0.570. The van der Waals surface area contributed by atoms with Crippen molar-refractivity contribution < 1.29 is 9.53 Å². The maximum absolute atomic E-state index is 10.9. The van der Waals surface area contributed by atoms with Gasteiger partial charge in [-0.2, -0.15) is 0 Å². The number of rotatable bonds is 3. The van der Waals surface area contributed by atoms with E-state index in [-0.39, 0.29) is 18.1 Å². The fraction of sp³-hybridized carbons (Fsp3) is 0.857. The Bertz CT molecular complexity index is 112. The minimum Gasteiger partial charge on any atom is -0.372 e. The first-order valence-corrected chi connectivity index (χ1v) is 3.41. The van der Waals surface area contributed by atoms with Crippen molar-refractivity contribution in [2.75, 3.05) is 7.11 Å². The Labute approximate surface area is 61.8 Å². The molecular formula is C7H15NO2. The van der Waals surface area contributed by atoms with E-state index < -0.39 is 0 Å². The molecule has 0 aliphatic rings. The molecule has 0 aliphatic heterocycles. The summed E-state index contributed by atoms with van der Waals surface area (Å²) in [6.45, 7) is 5.55. The molecule has 60 valence electrons. The number of hydrogen-bond acceptors (Lipinski definition) is 2. The number of hydrogen-bond donors (Lipinski definition) is 1. The number of nitrogens with one attached hydrogen (secondary N) is 1. The highest BCUT2D eigenvalue weighted by molar-refractivity contribution is 5.80. The summed E-state index contributed by atoms with van der Waals surface area (Å²) >= 11 is 0. The quantitative estimate of drug-likeness (QED) is 0.629. The summed E-state index contributed by atoms with van der Waals surface area (Å²) in [7, 11) is 1.52. The summed E-state index contributed by atoms with van der Waals surface area (Å²) in [6, 6.07) is 0.185. The number of ether oxygens (including phenoxy) is 1. The first-order valence-electron chi connectivity index (χ1n) is 3.41.